The van der Waals surface area contributed by atoms with Crippen molar-refractivity contribution in [3.63, 3.8) is 0 Å². The minimum absolute atomic E-state index is 0.105. The highest BCUT2D eigenvalue weighted by molar-refractivity contribution is 5.79. The molecule has 0 atom stereocenters. The molecule has 1 fully saturated rings. The Morgan fingerprint density at radius 3 is 2.66 bits per heavy atom. The molecule has 1 aliphatic rings. The first-order valence-electron chi connectivity index (χ1n) is 10.6. The molecule has 2 heterocycles. The number of likely N-dealkylation sites (tertiary alicyclic amines) is 1. The van der Waals surface area contributed by atoms with E-state index < -0.39 is 0 Å². The molecule has 0 bridgehead atoms. The van der Waals surface area contributed by atoms with E-state index in [0.717, 1.165) is 69.2 Å². The molecule has 0 saturated carbocycles. The van der Waals surface area contributed by atoms with Gasteiger partial charge in [-0.05, 0) is 57.0 Å². The second-order valence-electron chi connectivity index (χ2n) is 7.53. The second kappa shape index (κ2) is 11.5. The molecule has 2 N–H and O–H groups in total. The third-order valence-corrected chi connectivity index (χ3v) is 5.31. The Morgan fingerprint density at radius 2 is 1.93 bits per heavy atom. The standard InChI is InChI=1S/C23H32FN5/c1-2-25-23(27-14-10-21-8-5-6-13-26-21)28-17-19-11-15-29(16-12-19)18-20-7-3-4-9-22(20)24/h3-9,13,19H,2,10-12,14-18H2,1H3,(H2,25,27,28). The fraction of sp³-hybridized carbons (Fsp3) is 0.478. The van der Waals surface area contributed by atoms with E-state index in [-0.39, 0.29) is 5.82 Å². The molecule has 0 unspecified atom stereocenters. The van der Waals surface area contributed by atoms with Crippen molar-refractivity contribution in [2.24, 2.45) is 10.9 Å². The molecule has 29 heavy (non-hydrogen) atoms. The summed E-state index contributed by atoms with van der Waals surface area (Å²) >= 11 is 0. The number of aliphatic imine (C=N–C) groups is 1. The van der Waals surface area contributed by atoms with Gasteiger partial charge in [0.15, 0.2) is 5.96 Å². The summed E-state index contributed by atoms with van der Waals surface area (Å²) in [4.78, 5) is 11.5. The van der Waals surface area contributed by atoms with E-state index in [2.05, 4.69) is 27.4 Å². The largest absolute Gasteiger partial charge is 0.357 e. The van der Waals surface area contributed by atoms with Crippen molar-refractivity contribution in [3.05, 3.63) is 65.7 Å². The maximum absolute atomic E-state index is 13.9. The van der Waals surface area contributed by atoms with Crippen molar-refractivity contribution in [2.75, 3.05) is 32.7 Å². The summed E-state index contributed by atoms with van der Waals surface area (Å²) in [5.74, 6) is 1.35. The summed E-state index contributed by atoms with van der Waals surface area (Å²) in [6, 6.07) is 13.1. The Balaban J connectivity index is 1.41. The first-order chi connectivity index (χ1) is 14.2. The summed E-state index contributed by atoms with van der Waals surface area (Å²) < 4.78 is 13.9. The van der Waals surface area contributed by atoms with E-state index in [0.29, 0.717) is 12.5 Å². The van der Waals surface area contributed by atoms with Crippen LogP contribution in [0.3, 0.4) is 0 Å². The average Bonchev–Trinajstić information content (AvgIpc) is 2.75. The van der Waals surface area contributed by atoms with Crippen LogP contribution in [0, 0.1) is 11.7 Å². The zero-order valence-corrected chi connectivity index (χ0v) is 17.3. The number of piperidine rings is 1. The van der Waals surface area contributed by atoms with Gasteiger partial charge in [0.2, 0.25) is 0 Å². The Morgan fingerprint density at radius 1 is 1.14 bits per heavy atom. The summed E-state index contributed by atoms with van der Waals surface area (Å²) in [7, 11) is 0. The highest BCUT2D eigenvalue weighted by Crippen LogP contribution is 2.20. The number of rotatable bonds is 8. The fourth-order valence-electron chi connectivity index (χ4n) is 3.61. The molecule has 1 saturated heterocycles. The predicted octanol–water partition coefficient (Wildman–Crippen LogP) is 3.23. The molecule has 5 nitrogen and oxygen atoms in total. The minimum atomic E-state index is -0.105. The van der Waals surface area contributed by atoms with Crippen molar-refractivity contribution >= 4 is 5.96 Å². The van der Waals surface area contributed by atoms with Crippen molar-refractivity contribution in [3.8, 4) is 0 Å². The Bertz CT molecular complexity index is 757. The average molecular weight is 398 g/mol. The number of guanidine groups is 1. The lowest BCUT2D eigenvalue weighted by Gasteiger charge is -2.31. The normalized spacial score (nSPS) is 16.0. The van der Waals surface area contributed by atoms with Gasteiger partial charge in [0.05, 0.1) is 0 Å². The van der Waals surface area contributed by atoms with Crippen LogP contribution in [-0.4, -0.2) is 48.6 Å². The zero-order chi connectivity index (χ0) is 20.3. The van der Waals surface area contributed by atoms with Crippen LogP contribution in [0.1, 0.15) is 31.0 Å². The molecular formula is C23H32FN5. The van der Waals surface area contributed by atoms with Gasteiger partial charge in [0.25, 0.3) is 0 Å². The summed E-state index contributed by atoms with van der Waals surface area (Å²) in [5.41, 5.74) is 1.87. The molecular weight excluding hydrogens is 365 g/mol. The number of hydrogen-bond acceptors (Lipinski definition) is 3. The van der Waals surface area contributed by atoms with Gasteiger partial charge in [-0.25, -0.2) is 4.39 Å². The Hall–Kier alpha value is -2.47. The van der Waals surface area contributed by atoms with Crippen LogP contribution in [0.15, 0.2) is 53.7 Å². The predicted molar refractivity (Wildman–Crippen MR) is 116 cm³/mol. The number of halogens is 1. The SMILES string of the molecule is CCNC(=NCC1CCN(Cc2ccccc2F)CC1)NCCc1ccccn1. The Kier molecular flexibility index (Phi) is 8.43. The number of nitrogens with one attached hydrogen (secondary N) is 2. The first-order valence-corrected chi connectivity index (χ1v) is 10.6. The van der Waals surface area contributed by atoms with Crippen molar-refractivity contribution in [2.45, 2.75) is 32.7 Å². The molecule has 3 rings (SSSR count). The topological polar surface area (TPSA) is 52.6 Å². The van der Waals surface area contributed by atoms with Crippen LogP contribution in [0.4, 0.5) is 4.39 Å². The van der Waals surface area contributed by atoms with Gasteiger partial charge in [0.1, 0.15) is 5.82 Å². The molecule has 0 amide bonds. The van der Waals surface area contributed by atoms with Crippen molar-refractivity contribution < 1.29 is 4.39 Å². The van der Waals surface area contributed by atoms with Gasteiger partial charge in [0, 0.05) is 50.1 Å². The Labute approximate surface area is 173 Å². The number of benzene rings is 1. The quantitative estimate of drug-likeness (QED) is 0.530. The highest BCUT2D eigenvalue weighted by Gasteiger charge is 2.20. The summed E-state index contributed by atoms with van der Waals surface area (Å²) in [6.07, 6.45) is 4.91. The van der Waals surface area contributed by atoms with E-state index in [1.54, 1.807) is 12.1 Å². The minimum Gasteiger partial charge on any atom is -0.357 e. The van der Waals surface area contributed by atoms with Gasteiger partial charge in [-0.15, -0.1) is 0 Å². The molecule has 0 radical (unpaired) electrons. The van der Waals surface area contributed by atoms with E-state index >= 15 is 0 Å². The summed E-state index contributed by atoms with van der Waals surface area (Å²) in [5, 5.41) is 6.73. The molecule has 1 aromatic heterocycles. The molecule has 0 spiro atoms. The third-order valence-electron chi connectivity index (χ3n) is 5.31. The fourth-order valence-corrected chi connectivity index (χ4v) is 3.61. The lowest BCUT2D eigenvalue weighted by Crippen LogP contribution is -2.39. The molecule has 0 aliphatic carbocycles. The van der Waals surface area contributed by atoms with Crippen LogP contribution >= 0.6 is 0 Å². The molecule has 2 aromatic rings. The lowest BCUT2D eigenvalue weighted by atomic mass is 9.96. The monoisotopic (exact) mass is 397 g/mol. The van der Waals surface area contributed by atoms with Gasteiger partial charge < -0.3 is 10.6 Å². The first kappa shape index (κ1) is 21.2. The van der Waals surface area contributed by atoms with E-state index in [9.17, 15) is 4.39 Å². The molecule has 1 aliphatic heterocycles. The molecule has 1 aromatic carbocycles. The van der Waals surface area contributed by atoms with Crippen LogP contribution < -0.4 is 10.6 Å². The maximum atomic E-state index is 13.9. The van der Waals surface area contributed by atoms with Crippen molar-refractivity contribution in [1.29, 1.82) is 0 Å². The number of hydrogen-bond donors (Lipinski definition) is 2. The van der Waals surface area contributed by atoms with Gasteiger partial charge in [-0.1, -0.05) is 24.3 Å². The van der Waals surface area contributed by atoms with Crippen LogP contribution in [0.25, 0.3) is 0 Å². The highest BCUT2D eigenvalue weighted by atomic mass is 19.1. The smallest absolute Gasteiger partial charge is 0.191 e. The van der Waals surface area contributed by atoms with Crippen LogP contribution in [0.2, 0.25) is 0 Å². The zero-order valence-electron chi connectivity index (χ0n) is 17.3. The third kappa shape index (κ3) is 7.13. The molecule has 6 heteroatoms. The summed E-state index contributed by atoms with van der Waals surface area (Å²) in [6.45, 7) is 7.25. The van der Waals surface area contributed by atoms with Crippen LogP contribution in [-0.2, 0) is 13.0 Å². The number of aromatic nitrogens is 1. The van der Waals surface area contributed by atoms with E-state index in [1.165, 1.54) is 0 Å². The number of nitrogens with zero attached hydrogens (tertiary/aromatic N) is 3. The van der Waals surface area contributed by atoms with E-state index in [1.807, 2.05) is 36.5 Å². The van der Waals surface area contributed by atoms with E-state index in [4.69, 9.17) is 4.99 Å². The van der Waals surface area contributed by atoms with Gasteiger partial charge in [-0.2, -0.15) is 0 Å². The van der Waals surface area contributed by atoms with Crippen LogP contribution in [0.5, 0.6) is 0 Å². The van der Waals surface area contributed by atoms with Crippen molar-refractivity contribution in [1.82, 2.24) is 20.5 Å². The van der Waals surface area contributed by atoms with Gasteiger partial charge in [-0.3, -0.25) is 14.9 Å². The maximum Gasteiger partial charge on any atom is 0.191 e. The molecule has 156 valence electrons. The second-order valence-corrected chi connectivity index (χ2v) is 7.53. The van der Waals surface area contributed by atoms with Gasteiger partial charge >= 0.3 is 0 Å². The lowest BCUT2D eigenvalue weighted by molar-refractivity contribution is 0.179. The number of pyridine rings is 1.